The van der Waals surface area contributed by atoms with Gasteiger partial charge in [-0.15, -0.1) is 0 Å². The van der Waals surface area contributed by atoms with Crippen LogP contribution in [0.15, 0.2) is 12.1 Å². The van der Waals surface area contributed by atoms with Gasteiger partial charge in [-0.3, -0.25) is 4.79 Å². The fraction of sp³-hybridized carbons (Fsp3) is 0.462. The van der Waals surface area contributed by atoms with Crippen molar-refractivity contribution >= 4 is 5.78 Å². The molecule has 0 aromatic heterocycles. The maximum atomic E-state index is 13.6. The largest absolute Gasteiger partial charge is 0.293 e. The highest BCUT2D eigenvalue weighted by atomic mass is 19.2. The lowest BCUT2D eigenvalue weighted by Gasteiger charge is -2.21. The van der Waals surface area contributed by atoms with Crippen molar-refractivity contribution in [1.82, 2.24) is 0 Å². The molecule has 0 spiro atoms. The summed E-state index contributed by atoms with van der Waals surface area (Å²) in [7, 11) is 0. The minimum Gasteiger partial charge on any atom is -0.293 e. The molecule has 0 aliphatic carbocycles. The van der Waals surface area contributed by atoms with Crippen molar-refractivity contribution in [2.45, 2.75) is 34.1 Å². The Hall–Kier alpha value is -1.25. The Bertz CT molecular complexity index is 422. The second kappa shape index (κ2) is 4.32. The van der Waals surface area contributed by atoms with Crippen LogP contribution in [0.25, 0.3) is 0 Å². The Morgan fingerprint density at radius 3 is 2.31 bits per heavy atom. The van der Waals surface area contributed by atoms with Gasteiger partial charge in [-0.25, -0.2) is 8.78 Å². The number of benzene rings is 1. The summed E-state index contributed by atoms with van der Waals surface area (Å²) in [4.78, 5) is 12.0. The lowest BCUT2D eigenvalue weighted by molar-refractivity contribution is 0.0827. The highest BCUT2D eigenvalue weighted by Crippen LogP contribution is 2.28. The van der Waals surface area contributed by atoms with Crippen LogP contribution in [-0.4, -0.2) is 5.78 Å². The molecule has 88 valence electrons. The lowest BCUT2D eigenvalue weighted by atomic mass is 9.81. The molecule has 0 heterocycles. The second-order valence-corrected chi connectivity index (χ2v) is 4.62. The number of hydrogen-bond acceptors (Lipinski definition) is 1. The highest BCUT2D eigenvalue weighted by Gasteiger charge is 2.29. The van der Waals surface area contributed by atoms with Crippen LogP contribution < -0.4 is 0 Å². The summed E-state index contributed by atoms with van der Waals surface area (Å²) < 4.78 is 26.9. The molecule has 1 rings (SSSR count). The Morgan fingerprint density at radius 2 is 1.81 bits per heavy atom. The van der Waals surface area contributed by atoms with Crippen LogP contribution in [0.1, 0.15) is 43.1 Å². The topological polar surface area (TPSA) is 17.1 Å². The Balaban J connectivity index is 3.26. The summed E-state index contributed by atoms with van der Waals surface area (Å²) in [5.41, 5.74) is -0.610. The normalized spacial score (nSPS) is 11.6. The zero-order chi connectivity index (χ0) is 12.5. The molecule has 3 heteroatoms. The van der Waals surface area contributed by atoms with E-state index < -0.39 is 17.0 Å². The second-order valence-electron chi connectivity index (χ2n) is 4.62. The molecular weight excluding hydrogens is 210 g/mol. The molecule has 0 saturated carbocycles. The number of ketones is 1. The van der Waals surface area contributed by atoms with Crippen molar-refractivity contribution in [3.8, 4) is 0 Å². The zero-order valence-corrected chi connectivity index (χ0v) is 10.0. The van der Waals surface area contributed by atoms with E-state index in [0.29, 0.717) is 6.42 Å². The molecule has 0 aliphatic heterocycles. The van der Waals surface area contributed by atoms with Crippen LogP contribution in [0.5, 0.6) is 0 Å². The van der Waals surface area contributed by atoms with Gasteiger partial charge >= 0.3 is 0 Å². The number of carbonyl (C=O) groups excluding carboxylic acids is 1. The summed E-state index contributed by atoms with van der Waals surface area (Å²) in [5.74, 6) is -2.32. The number of Topliss-reactive ketones (excluding diaryl/α,β-unsaturated/α-hetero) is 1. The molecule has 0 bridgehead atoms. The maximum absolute atomic E-state index is 13.6. The van der Waals surface area contributed by atoms with Crippen molar-refractivity contribution in [2.75, 3.05) is 0 Å². The SMILES string of the molecule is CCC(C)(C)C(=O)c1ccc(C)c(F)c1F. The van der Waals surface area contributed by atoms with E-state index in [4.69, 9.17) is 0 Å². The van der Waals surface area contributed by atoms with E-state index in [9.17, 15) is 13.6 Å². The first-order chi connectivity index (χ1) is 7.31. The van der Waals surface area contributed by atoms with Gasteiger partial charge in [0.1, 0.15) is 0 Å². The average Bonchev–Trinajstić information content (AvgIpc) is 2.25. The molecule has 1 nitrogen and oxygen atoms in total. The van der Waals surface area contributed by atoms with Gasteiger partial charge in [0.15, 0.2) is 17.4 Å². The van der Waals surface area contributed by atoms with Crippen LogP contribution >= 0.6 is 0 Å². The molecule has 0 aliphatic rings. The van der Waals surface area contributed by atoms with Crippen LogP contribution in [-0.2, 0) is 0 Å². The third kappa shape index (κ3) is 2.13. The maximum Gasteiger partial charge on any atom is 0.171 e. The number of rotatable bonds is 3. The van der Waals surface area contributed by atoms with E-state index in [1.165, 1.54) is 19.1 Å². The third-order valence-corrected chi connectivity index (χ3v) is 3.02. The molecule has 0 fully saturated rings. The smallest absolute Gasteiger partial charge is 0.171 e. The van der Waals surface area contributed by atoms with E-state index in [1.807, 2.05) is 6.92 Å². The number of halogens is 2. The van der Waals surface area contributed by atoms with Crippen LogP contribution in [0, 0.1) is 24.0 Å². The molecule has 0 amide bonds. The molecule has 0 saturated heterocycles. The number of aryl methyl sites for hydroxylation is 1. The van der Waals surface area contributed by atoms with Crippen molar-refractivity contribution in [1.29, 1.82) is 0 Å². The van der Waals surface area contributed by atoms with Gasteiger partial charge in [0.2, 0.25) is 0 Å². The van der Waals surface area contributed by atoms with E-state index >= 15 is 0 Å². The predicted octanol–water partition coefficient (Wildman–Crippen LogP) is 3.89. The van der Waals surface area contributed by atoms with Gasteiger partial charge in [-0.2, -0.15) is 0 Å². The average molecular weight is 226 g/mol. The monoisotopic (exact) mass is 226 g/mol. The molecule has 1 aromatic carbocycles. The molecule has 0 radical (unpaired) electrons. The van der Waals surface area contributed by atoms with Gasteiger partial charge < -0.3 is 0 Å². The Labute approximate surface area is 94.5 Å². The zero-order valence-electron chi connectivity index (χ0n) is 10.0. The van der Waals surface area contributed by atoms with Gasteiger partial charge in [-0.1, -0.05) is 26.8 Å². The highest BCUT2D eigenvalue weighted by molar-refractivity contribution is 6.00. The first kappa shape index (κ1) is 12.8. The molecule has 0 N–H and O–H groups in total. The van der Waals surface area contributed by atoms with Crippen molar-refractivity contribution < 1.29 is 13.6 Å². The summed E-state index contributed by atoms with van der Waals surface area (Å²) >= 11 is 0. The summed E-state index contributed by atoms with van der Waals surface area (Å²) in [6, 6.07) is 2.78. The Kier molecular flexibility index (Phi) is 3.46. The Morgan fingerprint density at radius 1 is 1.25 bits per heavy atom. The van der Waals surface area contributed by atoms with Crippen molar-refractivity contribution in [3.05, 3.63) is 34.9 Å². The number of hydrogen-bond donors (Lipinski definition) is 0. The minimum atomic E-state index is -1.04. The molecule has 0 atom stereocenters. The van der Waals surface area contributed by atoms with Gasteiger partial charge in [0, 0.05) is 5.41 Å². The first-order valence-corrected chi connectivity index (χ1v) is 5.30. The minimum absolute atomic E-state index is 0.157. The number of carbonyl (C=O) groups is 1. The summed E-state index contributed by atoms with van der Waals surface area (Å²) in [6.07, 6.45) is 0.584. The summed E-state index contributed by atoms with van der Waals surface area (Å²) in [5, 5.41) is 0. The van der Waals surface area contributed by atoms with E-state index in [-0.39, 0.29) is 16.9 Å². The quantitative estimate of drug-likeness (QED) is 0.714. The third-order valence-electron chi connectivity index (χ3n) is 3.02. The van der Waals surface area contributed by atoms with Crippen LogP contribution in [0.2, 0.25) is 0 Å². The fourth-order valence-corrected chi connectivity index (χ4v) is 1.35. The fourth-order valence-electron chi connectivity index (χ4n) is 1.35. The molecule has 1 aromatic rings. The van der Waals surface area contributed by atoms with Gasteiger partial charge in [0.05, 0.1) is 5.56 Å². The molecule has 0 unspecified atom stereocenters. The molecule has 16 heavy (non-hydrogen) atoms. The van der Waals surface area contributed by atoms with Crippen LogP contribution in [0.3, 0.4) is 0 Å². The van der Waals surface area contributed by atoms with Gasteiger partial charge in [0.25, 0.3) is 0 Å². The first-order valence-electron chi connectivity index (χ1n) is 5.30. The van der Waals surface area contributed by atoms with Crippen LogP contribution in [0.4, 0.5) is 8.78 Å². The van der Waals surface area contributed by atoms with E-state index in [2.05, 4.69) is 0 Å². The lowest BCUT2D eigenvalue weighted by Crippen LogP contribution is -2.24. The van der Waals surface area contributed by atoms with Crippen molar-refractivity contribution in [3.63, 3.8) is 0 Å². The summed E-state index contributed by atoms with van der Waals surface area (Å²) in [6.45, 7) is 6.77. The van der Waals surface area contributed by atoms with Gasteiger partial charge in [-0.05, 0) is 25.0 Å². The van der Waals surface area contributed by atoms with Crippen molar-refractivity contribution in [2.24, 2.45) is 5.41 Å². The van der Waals surface area contributed by atoms with E-state index in [1.54, 1.807) is 13.8 Å². The van der Waals surface area contributed by atoms with E-state index in [0.717, 1.165) is 0 Å². The predicted molar refractivity (Wildman–Crippen MR) is 59.5 cm³/mol. The standard InChI is InChI=1S/C13H16F2O/c1-5-13(3,4)12(16)9-7-6-8(2)10(14)11(9)15/h6-7H,5H2,1-4H3. The molecular formula is C13H16F2O.